The van der Waals surface area contributed by atoms with Crippen molar-refractivity contribution >= 4 is 62.3 Å². The molecule has 7 nitrogen and oxygen atoms in total. The first-order valence-electron chi connectivity index (χ1n) is 10.7. The van der Waals surface area contributed by atoms with Crippen LogP contribution in [-0.2, 0) is 26.2 Å². The van der Waals surface area contributed by atoms with Gasteiger partial charge in [-0.3, -0.25) is 13.9 Å². The van der Waals surface area contributed by atoms with Crippen molar-refractivity contribution in [2.75, 3.05) is 17.1 Å². The van der Waals surface area contributed by atoms with Crippen LogP contribution in [0.4, 0.5) is 10.1 Å². The fourth-order valence-electron chi connectivity index (χ4n) is 3.13. The van der Waals surface area contributed by atoms with Gasteiger partial charge in [0.15, 0.2) is 0 Å². The molecule has 192 valence electrons. The van der Waals surface area contributed by atoms with Crippen molar-refractivity contribution < 1.29 is 22.4 Å². The molecule has 0 aliphatic carbocycles. The normalized spacial score (nSPS) is 13.1. The third-order valence-electron chi connectivity index (χ3n) is 5.37. The van der Waals surface area contributed by atoms with Crippen molar-refractivity contribution in [1.82, 2.24) is 10.2 Å². The van der Waals surface area contributed by atoms with E-state index in [4.69, 9.17) is 34.8 Å². The summed E-state index contributed by atoms with van der Waals surface area (Å²) in [4.78, 5) is 27.5. The Morgan fingerprint density at radius 3 is 2.14 bits per heavy atom. The number of carbonyl (C=O) groups is 2. The number of halogens is 4. The van der Waals surface area contributed by atoms with Crippen LogP contribution >= 0.6 is 34.8 Å². The van der Waals surface area contributed by atoms with Crippen LogP contribution in [0.2, 0.25) is 15.1 Å². The number of nitrogens with one attached hydrogen (secondary N) is 1. The highest BCUT2D eigenvalue weighted by atomic mass is 35.5. The summed E-state index contributed by atoms with van der Waals surface area (Å²) >= 11 is 18.2. The van der Waals surface area contributed by atoms with Crippen LogP contribution in [0.5, 0.6) is 0 Å². The molecule has 0 spiro atoms. The quantitative estimate of drug-likeness (QED) is 0.415. The van der Waals surface area contributed by atoms with Crippen LogP contribution < -0.4 is 9.62 Å². The largest absolute Gasteiger partial charge is 0.352 e. The molecule has 0 radical (unpaired) electrons. The minimum atomic E-state index is -4.00. The lowest BCUT2D eigenvalue weighted by Gasteiger charge is -2.32. The average molecular weight is 567 g/mol. The lowest BCUT2D eigenvalue weighted by Crippen LogP contribution is -2.52. The van der Waals surface area contributed by atoms with Crippen LogP contribution in [-0.4, -0.2) is 50.0 Å². The molecule has 0 unspecified atom stereocenters. The summed E-state index contributed by atoms with van der Waals surface area (Å²) in [6.07, 6.45) is 1.60. The van der Waals surface area contributed by atoms with Crippen molar-refractivity contribution in [3.63, 3.8) is 0 Å². The SMILES string of the molecule is CC[C@@H](C)NC(=O)[C@H](C)N(Cc1ccc(F)cc1)C(=O)CN(c1cc(Cl)c(Cl)cc1Cl)S(C)(=O)=O. The highest BCUT2D eigenvalue weighted by Crippen LogP contribution is 2.35. The summed E-state index contributed by atoms with van der Waals surface area (Å²) in [7, 11) is -4.00. The molecule has 2 amide bonds. The molecule has 35 heavy (non-hydrogen) atoms. The summed E-state index contributed by atoms with van der Waals surface area (Å²) in [5.41, 5.74) is 0.525. The molecule has 2 aromatic carbocycles. The van der Waals surface area contributed by atoms with Gasteiger partial charge in [0, 0.05) is 12.6 Å². The number of benzene rings is 2. The van der Waals surface area contributed by atoms with E-state index in [0.29, 0.717) is 12.0 Å². The van der Waals surface area contributed by atoms with Crippen molar-refractivity contribution in [1.29, 1.82) is 0 Å². The molecule has 2 atom stereocenters. The predicted octanol–water partition coefficient (Wildman–Crippen LogP) is 4.88. The standard InChI is InChI=1S/C23H27Cl3FN3O4S/c1-5-14(2)28-23(32)15(3)29(12-16-6-8-17(27)9-7-16)22(31)13-30(35(4,33)34)21-11-19(25)18(24)10-20(21)26/h6-11,14-15H,5,12-13H2,1-4H3,(H,28,32)/t14-,15+/m1/s1. The van der Waals surface area contributed by atoms with Gasteiger partial charge in [-0.1, -0.05) is 53.9 Å². The molecule has 0 fully saturated rings. The number of hydrogen-bond donors (Lipinski definition) is 1. The van der Waals surface area contributed by atoms with Crippen molar-refractivity contribution in [3.05, 3.63) is 62.8 Å². The highest BCUT2D eigenvalue weighted by Gasteiger charge is 2.31. The number of hydrogen-bond acceptors (Lipinski definition) is 4. The molecule has 0 aliphatic rings. The number of nitrogens with zero attached hydrogens (tertiary/aromatic N) is 2. The number of amides is 2. The van der Waals surface area contributed by atoms with E-state index < -0.39 is 40.2 Å². The van der Waals surface area contributed by atoms with E-state index in [9.17, 15) is 22.4 Å². The fraction of sp³-hybridized carbons (Fsp3) is 0.391. The van der Waals surface area contributed by atoms with Gasteiger partial charge in [-0.05, 0) is 50.1 Å². The maximum Gasteiger partial charge on any atom is 0.244 e. The Hall–Kier alpha value is -2.07. The molecular weight excluding hydrogens is 540 g/mol. The summed E-state index contributed by atoms with van der Waals surface area (Å²) in [6, 6.07) is 6.90. The van der Waals surface area contributed by atoms with Crippen LogP contribution in [0.3, 0.4) is 0 Å². The molecule has 0 saturated heterocycles. The van der Waals surface area contributed by atoms with Gasteiger partial charge in [-0.25, -0.2) is 12.8 Å². The van der Waals surface area contributed by atoms with Crippen LogP contribution in [0, 0.1) is 5.82 Å². The van der Waals surface area contributed by atoms with Gasteiger partial charge in [0.05, 0.1) is 27.0 Å². The number of rotatable bonds is 10. The zero-order chi connectivity index (χ0) is 26.5. The molecular formula is C23H27Cl3FN3O4S. The lowest BCUT2D eigenvalue weighted by molar-refractivity contribution is -0.139. The summed E-state index contributed by atoms with van der Waals surface area (Å²) in [6.45, 7) is 4.56. The molecule has 0 aliphatic heterocycles. The van der Waals surface area contributed by atoms with Gasteiger partial charge < -0.3 is 10.2 Å². The zero-order valence-corrected chi connectivity index (χ0v) is 22.8. The number of anilines is 1. The van der Waals surface area contributed by atoms with Gasteiger partial charge >= 0.3 is 0 Å². The van der Waals surface area contributed by atoms with Crippen molar-refractivity contribution in [3.8, 4) is 0 Å². The molecule has 0 heterocycles. The van der Waals surface area contributed by atoms with E-state index >= 15 is 0 Å². The van der Waals surface area contributed by atoms with Crippen LogP contribution in [0.1, 0.15) is 32.8 Å². The third-order valence-corrected chi connectivity index (χ3v) is 7.52. The molecule has 0 saturated carbocycles. The first-order chi connectivity index (χ1) is 16.2. The Bertz CT molecular complexity index is 1180. The molecule has 2 aromatic rings. The van der Waals surface area contributed by atoms with Gasteiger partial charge in [0.1, 0.15) is 18.4 Å². The highest BCUT2D eigenvalue weighted by molar-refractivity contribution is 7.92. The summed E-state index contributed by atoms with van der Waals surface area (Å²) < 4.78 is 39.4. The first-order valence-corrected chi connectivity index (χ1v) is 13.7. The Labute approximate surface area is 220 Å². The molecule has 1 N–H and O–H groups in total. The second-order valence-corrected chi connectivity index (χ2v) is 11.3. The maximum absolute atomic E-state index is 13.5. The van der Waals surface area contributed by atoms with E-state index in [0.717, 1.165) is 10.6 Å². The van der Waals surface area contributed by atoms with E-state index in [-0.39, 0.29) is 33.3 Å². The van der Waals surface area contributed by atoms with E-state index in [1.165, 1.54) is 48.2 Å². The second kappa shape index (κ2) is 12.3. The number of carbonyl (C=O) groups excluding carboxylic acids is 2. The monoisotopic (exact) mass is 565 g/mol. The fourth-order valence-corrected chi connectivity index (χ4v) is 4.68. The minimum Gasteiger partial charge on any atom is -0.352 e. The smallest absolute Gasteiger partial charge is 0.244 e. The van der Waals surface area contributed by atoms with Crippen LogP contribution in [0.25, 0.3) is 0 Å². The maximum atomic E-state index is 13.5. The third kappa shape index (κ3) is 7.96. The minimum absolute atomic E-state index is 0.0229. The van der Waals surface area contributed by atoms with Gasteiger partial charge in [-0.15, -0.1) is 0 Å². The summed E-state index contributed by atoms with van der Waals surface area (Å²) in [5, 5.41) is 2.97. The summed E-state index contributed by atoms with van der Waals surface area (Å²) in [5.74, 6) is -1.53. The van der Waals surface area contributed by atoms with Gasteiger partial charge in [0.2, 0.25) is 21.8 Å². The van der Waals surface area contributed by atoms with E-state index in [1.807, 2.05) is 13.8 Å². The Kier molecular flexibility index (Phi) is 10.2. The molecule has 12 heteroatoms. The molecule has 0 aromatic heterocycles. The van der Waals surface area contributed by atoms with Gasteiger partial charge in [-0.2, -0.15) is 0 Å². The molecule has 2 rings (SSSR count). The van der Waals surface area contributed by atoms with E-state index in [1.54, 1.807) is 0 Å². The van der Waals surface area contributed by atoms with E-state index in [2.05, 4.69) is 5.32 Å². The van der Waals surface area contributed by atoms with Crippen molar-refractivity contribution in [2.45, 2.75) is 45.8 Å². The zero-order valence-electron chi connectivity index (χ0n) is 19.7. The topological polar surface area (TPSA) is 86.8 Å². The Morgan fingerprint density at radius 1 is 1.03 bits per heavy atom. The predicted molar refractivity (Wildman–Crippen MR) is 138 cm³/mol. The average Bonchev–Trinajstić information content (AvgIpc) is 2.78. The first kappa shape index (κ1) is 29.2. The second-order valence-electron chi connectivity index (χ2n) is 8.13. The Morgan fingerprint density at radius 2 is 1.60 bits per heavy atom. The van der Waals surface area contributed by atoms with Crippen LogP contribution in [0.15, 0.2) is 36.4 Å². The van der Waals surface area contributed by atoms with Gasteiger partial charge in [0.25, 0.3) is 0 Å². The molecule has 0 bridgehead atoms. The van der Waals surface area contributed by atoms with Crippen molar-refractivity contribution in [2.24, 2.45) is 0 Å². The number of sulfonamides is 1. The lowest BCUT2D eigenvalue weighted by atomic mass is 10.1. The Balaban J connectivity index is 2.45.